The Morgan fingerprint density at radius 1 is 1.47 bits per heavy atom. The predicted octanol–water partition coefficient (Wildman–Crippen LogP) is -1.26. The van der Waals surface area contributed by atoms with Gasteiger partial charge in [0.05, 0.1) is 25.7 Å². The van der Waals surface area contributed by atoms with Crippen LogP contribution in [0.25, 0.3) is 11.2 Å². The Balaban J connectivity index is 2.06. The lowest BCUT2D eigenvalue weighted by Crippen LogP contribution is -2.20. The molecule has 92 valence electrons. The van der Waals surface area contributed by atoms with Crippen molar-refractivity contribution in [1.82, 2.24) is 19.5 Å². The maximum atomic E-state index is 9.10. The molecule has 0 aliphatic carbocycles. The molecule has 0 aromatic carbocycles. The molecule has 0 bridgehead atoms. The number of nitrogens with zero attached hydrogens (tertiary/aromatic N) is 4. The van der Waals surface area contributed by atoms with E-state index in [1.165, 1.54) is 6.20 Å². The summed E-state index contributed by atoms with van der Waals surface area (Å²) in [6.45, 7) is -0.124. The fraction of sp³-hybridized carbons (Fsp3) is 0.444. The molecule has 0 aliphatic rings. The van der Waals surface area contributed by atoms with Gasteiger partial charge in [-0.25, -0.2) is 9.97 Å². The molecule has 17 heavy (non-hydrogen) atoms. The summed E-state index contributed by atoms with van der Waals surface area (Å²) in [5.74, 6) is 0.162. The van der Waals surface area contributed by atoms with Gasteiger partial charge in [0.1, 0.15) is 18.4 Å². The number of anilines is 1. The summed E-state index contributed by atoms with van der Waals surface area (Å²) in [7, 11) is 0. The fourth-order valence-corrected chi connectivity index (χ4v) is 1.30. The average Bonchev–Trinajstić information content (AvgIpc) is 2.72. The highest BCUT2D eigenvalue weighted by Gasteiger charge is 2.06. The van der Waals surface area contributed by atoms with Crippen molar-refractivity contribution in [2.75, 3.05) is 18.9 Å². The number of imidazole rings is 1. The third-order valence-corrected chi connectivity index (χ3v) is 2.13. The minimum absolute atomic E-state index is 0.0384. The van der Waals surface area contributed by atoms with E-state index in [0.29, 0.717) is 11.2 Å². The smallest absolute Gasteiger partial charge is 0.222 e. The summed E-state index contributed by atoms with van der Waals surface area (Å²) >= 11 is 0. The van der Waals surface area contributed by atoms with Crippen LogP contribution in [0.4, 0.5) is 5.95 Å². The Bertz CT molecular complexity index is 500. The molecular formula is C9H13N5O3. The van der Waals surface area contributed by atoms with E-state index in [9.17, 15) is 0 Å². The maximum Gasteiger partial charge on any atom is 0.222 e. The lowest BCUT2D eigenvalue weighted by molar-refractivity contribution is -0.0163. The highest BCUT2D eigenvalue weighted by atomic mass is 16.5. The van der Waals surface area contributed by atoms with Crippen molar-refractivity contribution in [3.8, 4) is 0 Å². The molecule has 8 heteroatoms. The Labute approximate surface area is 96.7 Å². The predicted molar refractivity (Wildman–Crippen MR) is 58.8 cm³/mol. The van der Waals surface area contributed by atoms with E-state index in [4.69, 9.17) is 20.7 Å². The molecule has 0 amide bonds. The van der Waals surface area contributed by atoms with Crippen LogP contribution in [0.2, 0.25) is 0 Å². The zero-order valence-electron chi connectivity index (χ0n) is 9.02. The Kier molecular flexibility index (Phi) is 3.47. The zero-order chi connectivity index (χ0) is 12.3. The van der Waals surface area contributed by atoms with Gasteiger partial charge in [-0.1, -0.05) is 0 Å². The Morgan fingerprint density at radius 3 is 3.06 bits per heavy atom. The molecule has 1 unspecified atom stereocenters. The number of fused-ring (bicyclic) bond motifs is 1. The van der Waals surface area contributed by atoms with Gasteiger partial charge >= 0.3 is 0 Å². The molecule has 0 aliphatic heterocycles. The summed E-state index contributed by atoms with van der Waals surface area (Å²) < 4.78 is 6.83. The third-order valence-electron chi connectivity index (χ3n) is 2.13. The second-order valence-corrected chi connectivity index (χ2v) is 3.49. The van der Waals surface area contributed by atoms with Gasteiger partial charge in [-0.2, -0.15) is 4.98 Å². The van der Waals surface area contributed by atoms with Crippen LogP contribution >= 0.6 is 0 Å². The molecule has 2 heterocycles. The molecule has 0 radical (unpaired) electrons. The van der Waals surface area contributed by atoms with Crippen molar-refractivity contribution < 1.29 is 14.9 Å². The SMILES string of the molecule is Nc1ncc2ncn(COCC(O)CO)c2n1. The van der Waals surface area contributed by atoms with Crippen LogP contribution in [0.15, 0.2) is 12.5 Å². The quantitative estimate of drug-likeness (QED) is 0.595. The third kappa shape index (κ3) is 2.67. The lowest BCUT2D eigenvalue weighted by atomic mass is 10.4. The van der Waals surface area contributed by atoms with E-state index in [1.807, 2.05) is 0 Å². The first-order valence-electron chi connectivity index (χ1n) is 5.00. The molecule has 8 nitrogen and oxygen atoms in total. The van der Waals surface area contributed by atoms with Gasteiger partial charge in [0.25, 0.3) is 0 Å². The number of aliphatic hydroxyl groups excluding tert-OH is 2. The summed E-state index contributed by atoms with van der Waals surface area (Å²) in [6, 6.07) is 0. The van der Waals surface area contributed by atoms with Crippen LogP contribution in [-0.2, 0) is 11.5 Å². The monoisotopic (exact) mass is 239 g/mol. The van der Waals surface area contributed by atoms with E-state index < -0.39 is 6.10 Å². The molecule has 2 rings (SSSR count). The highest BCUT2D eigenvalue weighted by Crippen LogP contribution is 2.09. The highest BCUT2D eigenvalue weighted by molar-refractivity contribution is 5.70. The summed E-state index contributed by atoms with van der Waals surface area (Å²) in [6.07, 6.45) is 2.19. The molecule has 2 aromatic rings. The fourth-order valence-electron chi connectivity index (χ4n) is 1.30. The minimum atomic E-state index is -0.885. The number of nitrogen functional groups attached to an aromatic ring is 1. The van der Waals surface area contributed by atoms with Crippen molar-refractivity contribution in [1.29, 1.82) is 0 Å². The van der Waals surface area contributed by atoms with Gasteiger partial charge in [-0.15, -0.1) is 0 Å². The second kappa shape index (κ2) is 5.04. The average molecular weight is 239 g/mol. The first-order chi connectivity index (χ1) is 8.20. The molecular weight excluding hydrogens is 226 g/mol. The number of hydrogen-bond donors (Lipinski definition) is 3. The summed E-state index contributed by atoms with van der Waals surface area (Å²) in [5.41, 5.74) is 6.66. The summed E-state index contributed by atoms with van der Waals surface area (Å²) in [5, 5.41) is 17.7. The zero-order valence-corrected chi connectivity index (χ0v) is 9.02. The van der Waals surface area contributed by atoms with Gasteiger partial charge in [0, 0.05) is 0 Å². The number of ether oxygens (including phenoxy) is 1. The van der Waals surface area contributed by atoms with Crippen molar-refractivity contribution in [2.24, 2.45) is 0 Å². The first-order valence-corrected chi connectivity index (χ1v) is 5.00. The van der Waals surface area contributed by atoms with Gasteiger partial charge in [-0.3, -0.25) is 4.57 Å². The summed E-state index contributed by atoms with van der Waals surface area (Å²) in [4.78, 5) is 11.9. The largest absolute Gasteiger partial charge is 0.394 e. The Hall–Kier alpha value is -1.77. The Morgan fingerprint density at radius 2 is 2.29 bits per heavy atom. The molecule has 2 aromatic heterocycles. The van der Waals surface area contributed by atoms with Crippen LogP contribution in [-0.4, -0.2) is 49.0 Å². The standard InChI is InChI=1S/C9H13N5O3/c10-9-11-1-7-8(13-9)14(4-12-7)5-17-3-6(16)2-15/h1,4,6,15-16H,2-3,5H2,(H2,10,11,13). The van der Waals surface area contributed by atoms with E-state index >= 15 is 0 Å². The van der Waals surface area contributed by atoms with E-state index in [-0.39, 0.29) is 25.9 Å². The minimum Gasteiger partial charge on any atom is -0.394 e. The molecule has 1 atom stereocenters. The number of rotatable bonds is 5. The van der Waals surface area contributed by atoms with Gasteiger partial charge in [0.15, 0.2) is 5.65 Å². The topological polar surface area (TPSA) is 119 Å². The normalized spacial score (nSPS) is 13.1. The molecule has 0 spiro atoms. The molecule has 0 saturated carbocycles. The number of aliphatic hydroxyl groups is 2. The van der Waals surface area contributed by atoms with Crippen molar-refractivity contribution >= 4 is 17.1 Å². The van der Waals surface area contributed by atoms with Gasteiger partial charge < -0.3 is 20.7 Å². The number of hydrogen-bond acceptors (Lipinski definition) is 7. The van der Waals surface area contributed by atoms with Crippen LogP contribution in [0.5, 0.6) is 0 Å². The van der Waals surface area contributed by atoms with Gasteiger partial charge in [0.2, 0.25) is 5.95 Å². The first kappa shape index (κ1) is 11.7. The van der Waals surface area contributed by atoms with Gasteiger partial charge in [-0.05, 0) is 0 Å². The van der Waals surface area contributed by atoms with Crippen molar-refractivity contribution in [3.63, 3.8) is 0 Å². The molecule has 0 fully saturated rings. The second-order valence-electron chi connectivity index (χ2n) is 3.49. The van der Waals surface area contributed by atoms with Crippen LogP contribution in [0.1, 0.15) is 0 Å². The number of aromatic nitrogens is 4. The van der Waals surface area contributed by atoms with Crippen molar-refractivity contribution in [2.45, 2.75) is 12.8 Å². The van der Waals surface area contributed by atoms with Crippen LogP contribution in [0.3, 0.4) is 0 Å². The lowest BCUT2D eigenvalue weighted by Gasteiger charge is -2.08. The van der Waals surface area contributed by atoms with Crippen molar-refractivity contribution in [3.05, 3.63) is 12.5 Å². The van der Waals surface area contributed by atoms with E-state index in [0.717, 1.165) is 0 Å². The molecule has 0 saturated heterocycles. The van der Waals surface area contributed by atoms with E-state index in [2.05, 4.69) is 15.0 Å². The maximum absolute atomic E-state index is 9.10. The van der Waals surface area contributed by atoms with Crippen LogP contribution in [0, 0.1) is 0 Å². The molecule has 4 N–H and O–H groups in total. The van der Waals surface area contributed by atoms with Crippen LogP contribution < -0.4 is 5.73 Å². The van der Waals surface area contributed by atoms with E-state index in [1.54, 1.807) is 10.9 Å². The number of nitrogens with two attached hydrogens (primary N) is 1.